The second-order valence-corrected chi connectivity index (χ2v) is 6.30. The maximum atomic E-state index is 3.44. The van der Waals surface area contributed by atoms with Gasteiger partial charge in [-0.1, -0.05) is 29.7 Å². The monoisotopic (exact) mass is 233 g/mol. The van der Waals surface area contributed by atoms with Gasteiger partial charge in [0.25, 0.3) is 0 Å². The molecule has 0 aromatic rings. The van der Waals surface area contributed by atoms with Crippen molar-refractivity contribution in [2.75, 3.05) is 7.05 Å². The number of hydrogen-bond acceptors (Lipinski definition) is 1. The van der Waals surface area contributed by atoms with Gasteiger partial charge >= 0.3 is 0 Å². The Morgan fingerprint density at radius 1 is 1.29 bits per heavy atom. The maximum absolute atomic E-state index is 3.44. The largest absolute Gasteiger partial charge is 0.314 e. The Morgan fingerprint density at radius 2 is 2.00 bits per heavy atom. The van der Waals surface area contributed by atoms with E-state index < -0.39 is 0 Å². The van der Waals surface area contributed by atoms with E-state index in [2.05, 4.69) is 46.1 Å². The standard InChI is InChI=1S/C16H27N/c1-10(2)13-8-15-11(3)6-14(17-5)7-12(4)16(15)9-13/h6,12,14-17H,7-9H2,1-5H3. The predicted molar refractivity (Wildman–Crippen MR) is 75.0 cm³/mol. The first-order valence-electron chi connectivity index (χ1n) is 7.03. The SMILES string of the molecule is CNC1C=C(C)C2CC(=C(C)C)CC2C(C)C1. The van der Waals surface area contributed by atoms with Gasteiger partial charge in [-0.05, 0) is 64.8 Å². The summed E-state index contributed by atoms with van der Waals surface area (Å²) in [5, 5.41) is 3.44. The van der Waals surface area contributed by atoms with Gasteiger partial charge in [-0.25, -0.2) is 0 Å². The van der Waals surface area contributed by atoms with Crippen LogP contribution in [-0.4, -0.2) is 13.1 Å². The zero-order chi connectivity index (χ0) is 12.6. The summed E-state index contributed by atoms with van der Waals surface area (Å²) in [7, 11) is 2.09. The lowest BCUT2D eigenvalue weighted by molar-refractivity contribution is 0.292. The van der Waals surface area contributed by atoms with Gasteiger partial charge in [0.05, 0.1) is 0 Å². The lowest BCUT2D eigenvalue weighted by Crippen LogP contribution is -2.26. The average Bonchev–Trinajstić information content (AvgIpc) is 2.68. The third-order valence-electron chi connectivity index (χ3n) is 4.95. The number of allylic oxidation sites excluding steroid dienone is 3. The summed E-state index contributed by atoms with van der Waals surface area (Å²) in [4.78, 5) is 0. The molecule has 0 saturated heterocycles. The van der Waals surface area contributed by atoms with E-state index in [4.69, 9.17) is 0 Å². The van der Waals surface area contributed by atoms with Crippen molar-refractivity contribution in [2.24, 2.45) is 17.8 Å². The van der Waals surface area contributed by atoms with Gasteiger partial charge in [0, 0.05) is 6.04 Å². The Balaban J connectivity index is 2.26. The van der Waals surface area contributed by atoms with Crippen LogP contribution in [0.15, 0.2) is 22.8 Å². The van der Waals surface area contributed by atoms with Gasteiger partial charge in [0.1, 0.15) is 0 Å². The Kier molecular flexibility index (Phi) is 3.77. The van der Waals surface area contributed by atoms with Crippen LogP contribution in [0.4, 0.5) is 0 Å². The molecule has 4 atom stereocenters. The van der Waals surface area contributed by atoms with Crippen molar-refractivity contribution in [3.05, 3.63) is 22.8 Å². The first-order valence-corrected chi connectivity index (χ1v) is 7.03. The van der Waals surface area contributed by atoms with E-state index in [0.717, 1.165) is 17.8 Å². The highest BCUT2D eigenvalue weighted by Crippen LogP contribution is 2.47. The molecule has 2 aliphatic carbocycles. The average molecular weight is 233 g/mol. The summed E-state index contributed by atoms with van der Waals surface area (Å²) >= 11 is 0. The normalized spacial score (nSPS) is 37.5. The van der Waals surface area contributed by atoms with Crippen molar-refractivity contribution in [1.82, 2.24) is 5.32 Å². The van der Waals surface area contributed by atoms with Gasteiger partial charge in [-0.2, -0.15) is 0 Å². The molecule has 17 heavy (non-hydrogen) atoms. The highest BCUT2D eigenvalue weighted by molar-refractivity contribution is 5.25. The molecule has 0 spiro atoms. The minimum absolute atomic E-state index is 0.589. The summed E-state index contributed by atoms with van der Waals surface area (Å²) in [5.41, 5.74) is 4.90. The van der Waals surface area contributed by atoms with Crippen molar-refractivity contribution >= 4 is 0 Å². The van der Waals surface area contributed by atoms with Crippen LogP contribution in [0.3, 0.4) is 0 Å². The number of fused-ring (bicyclic) bond motifs is 1. The molecule has 96 valence electrons. The van der Waals surface area contributed by atoms with E-state index in [1.807, 2.05) is 0 Å². The number of rotatable bonds is 1. The summed E-state index contributed by atoms with van der Waals surface area (Å²) in [6.45, 7) is 9.34. The summed E-state index contributed by atoms with van der Waals surface area (Å²) in [6, 6.07) is 0.589. The number of likely N-dealkylation sites (N-methyl/N-ethyl adjacent to an activating group) is 1. The lowest BCUT2D eigenvalue weighted by Gasteiger charge is -2.24. The summed E-state index contributed by atoms with van der Waals surface area (Å²) in [5.74, 6) is 2.53. The molecule has 1 nitrogen and oxygen atoms in total. The van der Waals surface area contributed by atoms with Crippen LogP contribution in [0, 0.1) is 17.8 Å². The minimum Gasteiger partial charge on any atom is -0.314 e. The number of hydrogen-bond donors (Lipinski definition) is 1. The van der Waals surface area contributed by atoms with Crippen LogP contribution < -0.4 is 5.32 Å². The van der Waals surface area contributed by atoms with Crippen molar-refractivity contribution < 1.29 is 0 Å². The third-order valence-corrected chi connectivity index (χ3v) is 4.95. The molecule has 4 unspecified atom stereocenters. The highest BCUT2D eigenvalue weighted by Gasteiger charge is 2.37. The van der Waals surface area contributed by atoms with Crippen LogP contribution in [0.25, 0.3) is 0 Å². The minimum atomic E-state index is 0.589. The Hall–Kier alpha value is -0.560. The zero-order valence-corrected chi connectivity index (χ0v) is 12.0. The van der Waals surface area contributed by atoms with Gasteiger partial charge in [-0.15, -0.1) is 0 Å². The van der Waals surface area contributed by atoms with Gasteiger partial charge in [0.2, 0.25) is 0 Å². The quantitative estimate of drug-likeness (QED) is 0.677. The molecule has 0 bridgehead atoms. The molecular weight excluding hydrogens is 206 g/mol. The Labute approximate surface area is 106 Å². The van der Waals surface area contributed by atoms with Crippen LogP contribution in [0.2, 0.25) is 0 Å². The van der Waals surface area contributed by atoms with Crippen LogP contribution in [-0.2, 0) is 0 Å². The Morgan fingerprint density at radius 3 is 2.59 bits per heavy atom. The fraction of sp³-hybridized carbons (Fsp3) is 0.750. The highest BCUT2D eigenvalue weighted by atomic mass is 14.9. The summed E-state index contributed by atoms with van der Waals surface area (Å²) < 4.78 is 0. The zero-order valence-electron chi connectivity index (χ0n) is 12.0. The van der Waals surface area contributed by atoms with Gasteiger partial charge < -0.3 is 5.32 Å². The van der Waals surface area contributed by atoms with E-state index >= 15 is 0 Å². The van der Waals surface area contributed by atoms with Crippen molar-refractivity contribution in [1.29, 1.82) is 0 Å². The second-order valence-electron chi connectivity index (χ2n) is 6.30. The van der Waals surface area contributed by atoms with Gasteiger partial charge in [-0.3, -0.25) is 0 Å². The fourth-order valence-electron chi connectivity index (χ4n) is 3.72. The predicted octanol–water partition coefficient (Wildman–Crippen LogP) is 3.92. The molecule has 1 heteroatoms. The molecule has 0 amide bonds. The molecule has 1 saturated carbocycles. The maximum Gasteiger partial charge on any atom is 0.0252 e. The van der Waals surface area contributed by atoms with E-state index in [1.54, 1.807) is 16.7 Å². The molecule has 1 fully saturated rings. The third kappa shape index (κ3) is 2.49. The molecule has 0 aromatic carbocycles. The fourth-order valence-corrected chi connectivity index (χ4v) is 3.72. The summed E-state index contributed by atoms with van der Waals surface area (Å²) in [6.07, 6.45) is 6.44. The molecule has 0 radical (unpaired) electrons. The van der Waals surface area contributed by atoms with Crippen molar-refractivity contribution in [3.63, 3.8) is 0 Å². The van der Waals surface area contributed by atoms with Crippen molar-refractivity contribution in [2.45, 2.75) is 53.0 Å². The topological polar surface area (TPSA) is 12.0 Å². The van der Waals surface area contributed by atoms with E-state index in [9.17, 15) is 0 Å². The molecular formula is C16H27N. The number of nitrogens with one attached hydrogen (secondary N) is 1. The molecule has 1 N–H and O–H groups in total. The molecule has 0 aliphatic heterocycles. The van der Waals surface area contributed by atoms with Crippen molar-refractivity contribution in [3.8, 4) is 0 Å². The molecule has 0 aromatic heterocycles. The molecule has 2 aliphatic rings. The van der Waals surface area contributed by atoms with E-state index in [0.29, 0.717) is 6.04 Å². The molecule has 2 rings (SSSR count). The lowest BCUT2D eigenvalue weighted by atomic mass is 9.82. The van der Waals surface area contributed by atoms with Gasteiger partial charge in [0.15, 0.2) is 0 Å². The first kappa shape index (κ1) is 12.9. The second kappa shape index (κ2) is 4.97. The van der Waals surface area contributed by atoms with E-state index in [1.165, 1.54) is 19.3 Å². The van der Waals surface area contributed by atoms with Crippen LogP contribution in [0.1, 0.15) is 47.0 Å². The molecule has 0 heterocycles. The first-order chi connectivity index (χ1) is 8.02. The van der Waals surface area contributed by atoms with Crippen LogP contribution >= 0.6 is 0 Å². The van der Waals surface area contributed by atoms with Crippen LogP contribution in [0.5, 0.6) is 0 Å². The smallest absolute Gasteiger partial charge is 0.0252 e. The van der Waals surface area contributed by atoms with E-state index in [-0.39, 0.29) is 0 Å². The Bertz CT molecular complexity index is 347.